The Morgan fingerprint density at radius 3 is 2.56 bits per heavy atom. The highest BCUT2D eigenvalue weighted by Gasteiger charge is 2.29. The van der Waals surface area contributed by atoms with Crippen molar-refractivity contribution in [1.29, 1.82) is 0 Å². The van der Waals surface area contributed by atoms with Gasteiger partial charge in [-0.15, -0.1) is 0 Å². The van der Waals surface area contributed by atoms with Crippen molar-refractivity contribution in [3.63, 3.8) is 0 Å². The highest BCUT2D eigenvalue weighted by molar-refractivity contribution is 6.12. The van der Waals surface area contributed by atoms with Crippen LogP contribution in [0.15, 0.2) is 47.5 Å². The number of anilines is 2. The van der Waals surface area contributed by atoms with Gasteiger partial charge in [0.25, 0.3) is 0 Å². The average molecular weight is 367 g/mol. The Morgan fingerprint density at radius 2 is 1.85 bits per heavy atom. The molecule has 3 atom stereocenters. The number of morpholine rings is 1. The summed E-state index contributed by atoms with van der Waals surface area (Å²) in [5.74, 6) is -1.12. The van der Waals surface area contributed by atoms with Gasteiger partial charge in [0.05, 0.1) is 17.9 Å². The highest BCUT2D eigenvalue weighted by atomic mass is 19.1. The van der Waals surface area contributed by atoms with E-state index in [0.717, 1.165) is 24.5 Å². The number of hydrogen-bond acceptors (Lipinski definition) is 4. The number of aliphatic imine (C=N–C) groups is 1. The number of benzene rings is 2. The summed E-state index contributed by atoms with van der Waals surface area (Å²) in [6.45, 7) is 5.87. The van der Waals surface area contributed by atoms with Crippen LogP contribution in [0.1, 0.15) is 25.3 Å². The fraction of sp³-hybridized carbons (Fsp3) is 0.333. The predicted octanol–water partition coefficient (Wildman–Crippen LogP) is 3.88. The van der Waals surface area contributed by atoms with E-state index in [0.29, 0.717) is 11.3 Å². The maximum Gasteiger partial charge on any atom is 0.237 e. The number of ether oxygens (including phenoxy) is 1. The van der Waals surface area contributed by atoms with Gasteiger partial charge in [-0.1, -0.05) is 0 Å². The highest BCUT2D eigenvalue weighted by Crippen LogP contribution is 2.32. The first-order valence-electron chi connectivity index (χ1n) is 9.14. The standard InChI is InChI=1S/C21H22FN3O2/c1-13-11-25(12-14(2)27-13)17-6-4-16(5-7-17)23-10-19-18-9-15(22)3-8-20(18)24-21(19)26/h3-10,13-14,19H,11-12H2,1-2H3,(H,24,26). The summed E-state index contributed by atoms with van der Waals surface area (Å²) >= 11 is 0. The zero-order valence-corrected chi connectivity index (χ0v) is 15.4. The average Bonchev–Trinajstić information content (AvgIpc) is 2.94. The smallest absolute Gasteiger partial charge is 0.237 e. The second-order valence-corrected chi connectivity index (χ2v) is 7.16. The van der Waals surface area contributed by atoms with Gasteiger partial charge >= 0.3 is 0 Å². The molecular weight excluding hydrogens is 345 g/mol. The molecule has 0 aliphatic carbocycles. The monoisotopic (exact) mass is 367 g/mol. The zero-order chi connectivity index (χ0) is 19.0. The van der Waals surface area contributed by atoms with E-state index in [1.54, 1.807) is 12.3 Å². The van der Waals surface area contributed by atoms with E-state index < -0.39 is 5.92 Å². The van der Waals surface area contributed by atoms with E-state index in [-0.39, 0.29) is 23.9 Å². The minimum atomic E-state index is -0.573. The van der Waals surface area contributed by atoms with Gasteiger partial charge in [-0.3, -0.25) is 9.79 Å². The van der Waals surface area contributed by atoms with Crippen LogP contribution in [-0.2, 0) is 9.53 Å². The summed E-state index contributed by atoms with van der Waals surface area (Å²) in [5.41, 5.74) is 3.15. The van der Waals surface area contributed by atoms with Gasteiger partial charge in [-0.05, 0) is 61.9 Å². The van der Waals surface area contributed by atoms with E-state index in [1.807, 2.05) is 24.3 Å². The van der Waals surface area contributed by atoms with Crippen molar-refractivity contribution in [3.8, 4) is 0 Å². The summed E-state index contributed by atoms with van der Waals surface area (Å²) < 4.78 is 19.3. The maximum absolute atomic E-state index is 13.5. The molecule has 5 nitrogen and oxygen atoms in total. The van der Waals surface area contributed by atoms with Gasteiger partial charge in [-0.2, -0.15) is 0 Å². The molecule has 3 unspecified atom stereocenters. The summed E-state index contributed by atoms with van der Waals surface area (Å²) in [6.07, 6.45) is 1.98. The van der Waals surface area contributed by atoms with Crippen LogP contribution in [0, 0.1) is 5.82 Å². The number of rotatable bonds is 3. The van der Waals surface area contributed by atoms with Crippen LogP contribution >= 0.6 is 0 Å². The maximum atomic E-state index is 13.5. The number of nitrogens with one attached hydrogen (secondary N) is 1. The summed E-state index contributed by atoms with van der Waals surface area (Å²) in [4.78, 5) is 18.9. The lowest BCUT2D eigenvalue weighted by Gasteiger charge is -2.36. The molecule has 0 spiro atoms. The molecule has 27 heavy (non-hydrogen) atoms. The molecule has 0 bridgehead atoms. The van der Waals surface area contributed by atoms with Gasteiger partial charge in [-0.25, -0.2) is 4.39 Å². The minimum absolute atomic E-state index is 0.188. The molecule has 2 aliphatic heterocycles. The molecule has 1 saturated heterocycles. The molecule has 0 saturated carbocycles. The van der Waals surface area contributed by atoms with Gasteiger partial charge in [0, 0.05) is 30.7 Å². The van der Waals surface area contributed by atoms with Crippen LogP contribution in [0.2, 0.25) is 0 Å². The lowest BCUT2D eigenvalue weighted by atomic mass is 10.0. The van der Waals surface area contributed by atoms with Crippen molar-refractivity contribution in [2.45, 2.75) is 32.0 Å². The number of carbonyl (C=O) groups excluding carboxylic acids is 1. The number of carbonyl (C=O) groups is 1. The molecular formula is C21H22FN3O2. The third-order valence-electron chi connectivity index (χ3n) is 4.90. The second kappa shape index (κ2) is 7.12. The molecule has 2 aliphatic rings. The Hall–Kier alpha value is -2.73. The number of halogens is 1. The number of hydrogen-bond donors (Lipinski definition) is 1. The quantitative estimate of drug-likeness (QED) is 0.838. The first-order valence-corrected chi connectivity index (χ1v) is 9.14. The molecule has 4 rings (SSSR count). The topological polar surface area (TPSA) is 53.9 Å². The fourth-order valence-corrected chi connectivity index (χ4v) is 3.70. The van der Waals surface area contributed by atoms with E-state index >= 15 is 0 Å². The number of nitrogens with zero attached hydrogens (tertiary/aromatic N) is 2. The number of amides is 1. The fourth-order valence-electron chi connectivity index (χ4n) is 3.70. The van der Waals surface area contributed by atoms with Crippen molar-refractivity contribution in [2.24, 2.45) is 4.99 Å². The Morgan fingerprint density at radius 1 is 1.15 bits per heavy atom. The van der Waals surface area contributed by atoms with Crippen molar-refractivity contribution in [1.82, 2.24) is 0 Å². The molecule has 2 aromatic rings. The largest absolute Gasteiger partial charge is 0.372 e. The van der Waals surface area contributed by atoms with E-state index in [1.165, 1.54) is 12.1 Å². The SMILES string of the molecule is CC1CN(c2ccc(N=CC3C(=O)Nc4ccc(F)cc43)cc2)CC(C)O1. The van der Waals surface area contributed by atoms with E-state index in [4.69, 9.17) is 4.74 Å². The van der Waals surface area contributed by atoms with Gasteiger partial charge < -0.3 is 15.0 Å². The molecule has 1 fully saturated rings. The van der Waals surface area contributed by atoms with Crippen LogP contribution < -0.4 is 10.2 Å². The molecule has 2 aromatic carbocycles. The Labute approximate surface area is 157 Å². The lowest BCUT2D eigenvalue weighted by molar-refractivity contribution is -0.115. The predicted molar refractivity (Wildman–Crippen MR) is 105 cm³/mol. The van der Waals surface area contributed by atoms with Gasteiger partial charge in [0.2, 0.25) is 5.91 Å². The van der Waals surface area contributed by atoms with Crippen LogP contribution in [0.3, 0.4) is 0 Å². The molecule has 0 radical (unpaired) electrons. The van der Waals surface area contributed by atoms with Crippen LogP contribution in [0.4, 0.5) is 21.5 Å². The second-order valence-electron chi connectivity index (χ2n) is 7.16. The van der Waals surface area contributed by atoms with Crippen LogP contribution in [0.25, 0.3) is 0 Å². The Bertz CT molecular complexity index is 871. The minimum Gasteiger partial charge on any atom is -0.372 e. The summed E-state index contributed by atoms with van der Waals surface area (Å²) in [7, 11) is 0. The molecule has 140 valence electrons. The first kappa shape index (κ1) is 17.7. The summed E-state index contributed by atoms with van der Waals surface area (Å²) in [5, 5.41) is 2.76. The lowest BCUT2D eigenvalue weighted by Crippen LogP contribution is -2.45. The van der Waals surface area contributed by atoms with E-state index in [9.17, 15) is 9.18 Å². The van der Waals surface area contributed by atoms with Crippen LogP contribution in [0.5, 0.6) is 0 Å². The van der Waals surface area contributed by atoms with E-state index in [2.05, 4.69) is 29.1 Å². The third-order valence-corrected chi connectivity index (χ3v) is 4.90. The Balaban J connectivity index is 1.49. The molecule has 0 aromatic heterocycles. The normalized spacial score (nSPS) is 24.9. The third kappa shape index (κ3) is 3.71. The summed E-state index contributed by atoms with van der Waals surface area (Å²) in [6, 6.07) is 12.2. The van der Waals surface area contributed by atoms with Gasteiger partial charge in [0.1, 0.15) is 11.7 Å². The Kier molecular flexibility index (Phi) is 4.66. The molecule has 1 N–H and O–H groups in total. The first-order chi connectivity index (χ1) is 13.0. The van der Waals surface area contributed by atoms with Crippen molar-refractivity contribution >= 4 is 29.2 Å². The molecule has 2 heterocycles. The van der Waals surface area contributed by atoms with Crippen molar-refractivity contribution in [2.75, 3.05) is 23.3 Å². The van der Waals surface area contributed by atoms with Gasteiger partial charge in [0.15, 0.2) is 0 Å². The van der Waals surface area contributed by atoms with Crippen molar-refractivity contribution < 1.29 is 13.9 Å². The molecule has 1 amide bonds. The van der Waals surface area contributed by atoms with Crippen LogP contribution in [-0.4, -0.2) is 37.4 Å². The zero-order valence-electron chi connectivity index (χ0n) is 15.4. The molecule has 6 heteroatoms. The van der Waals surface area contributed by atoms with Crippen molar-refractivity contribution in [3.05, 3.63) is 53.8 Å². The number of fused-ring (bicyclic) bond motifs is 1.